The summed E-state index contributed by atoms with van der Waals surface area (Å²) in [4.78, 5) is 9.86. The molecular formula is C6H12O5. The molecule has 0 aromatic rings. The third kappa shape index (κ3) is 4.05. The van der Waals surface area contributed by atoms with Crippen molar-refractivity contribution >= 4 is 6.29 Å². The highest BCUT2D eigenvalue weighted by Gasteiger charge is 2.18. The summed E-state index contributed by atoms with van der Waals surface area (Å²) >= 11 is 0. The molecule has 0 heterocycles. The van der Waals surface area contributed by atoms with Crippen LogP contribution in [0.4, 0.5) is 0 Å². The van der Waals surface area contributed by atoms with Gasteiger partial charge in [0, 0.05) is 6.42 Å². The highest BCUT2D eigenvalue weighted by atomic mass is 16.3. The summed E-state index contributed by atoms with van der Waals surface area (Å²) in [6.45, 7) is -0.497. The third-order valence-corrected chi connectivity index (χ3v) is 1.26. The van der Waals surface area contributed by atoms with E-state index >= 15 is 0 Å². The molecule has 0 rings (SSSR count). The lowest BCUT2D eigenvalue weighted by Crippen LogP contribution is -2.32. The van der Waals surface area contributed by atoms with E-state index in [-0.39, 0.29) is 12.7 Å². The molecule has 66 valence electrons. The smallest absolute Gasteiger partial charge is 0.151 e. The molecule has 0 saturated carbocycles. The maximum absolute atomic E-state index is 9.86. The van der Waals surface area contributed by atoms with E-state index in [0.29, 0.717) is 0 Å². The largest absolute Gasteiger partial charge is 0.394 e. The molecule has 0 aliphatic heterocycles. The van der Waals surface area contributed by atoms with E-state index in [9.17, 15) is 4.79 Å². The summed E-state index contributed by atoms with van der Waals surface area (Å²) in [5.41, 5.74) is 0. The van der Waals surface area contributed by atoms with Crippen molar-refractivity contribution in [3.63, 3.8) is 0 Å². The topological polar surface area (TPSA) is 98.0 Å². The van der Waals surface area contributed by atoms with Crippen LogP contribution in [0.5, 0.6) is 0 Å². The van der Waals surface area contributed by atoms with Crippen LogP contribution in [-0.4, -0.2) is 51.6 Å². The van der Waals surface area contributed by atoms with E-state index in [2.05, 4.69) is 0 Å². The van der Waals surface area contributed by atoms with Crippen LogP contribution >= 0.6 is 0 Å². The number of carbonyl (C=O) groups excluding carboxylic acids is 1. The van der Waals surface area contributed by atoms with E-state index in [4.69, 9.17) is 20.4 Å². The zero-order chi connectivity index (χ0) is 8.85. The Morgan fingerprint density at radius 3 is 2.18 bits per heavy atom. The van der Waals surface area contributed by atoms with Crippen molar-refractivity contribution in [1.29, 1.82) is 0 Å². The zero-order valence-electron chi connectivity index (χ0n) is 5.92. The van der Waals surface area contributed by atoms with Gasteiger partial charge in [0.15, 0.2) is 6.29 Å². The van der Waals surface area contributed by atoms with Crippen molar-refractivity contribution in [2.24, 2.45) is 0 Å². The Labute approximate surface area is 63.9 Å². The molecule has 0 aliphatic rings. The Bertz CT molecular complexity index is 116. The van der Waals surface area contributed by atoms with E-state index in [0.717, 1.165) is 0 Å². The molecule has 4 N–H and O–H groups in total. The van der Waals surface area contributed by atoms with Crippen molar-refractivity contribution < 1.29 is 25.2 Å². The lowest BCUT2D eigenvalue weighted by molar-refractivity contribution is -0.121. The molecule has 0 amide bonds. The molecule has 0 fully saturated rings. The number of aldehydes is 1. The van der Waals surface area contributed by atoms with Crippen LogP contribution in [0.15, 0.2) is 0 Å². The van der Waals surface area contributed by atoms with Gasteiger partial charge >= 0.3 is 0 Å². The van der Waals surface area contributed by atoms with E-state index in [1.165, 1.54) is 0 Å². The van der Waals surface area contributed by atoms with Gasteiger partial charge in [-0.3, -0.25) is 0 Å². The molecule has 5 heteroatoms. The molecular weight excluding hydrogens is 152 g/mol. The Balaban J connectivity index is 3.66. The number of rotatable bonds is 5. The van der Waals surface area contributed by atoms with Crippen LogP contribution in [0.25, 0.3) is 0 Å². The second-order valence-electron chi connectivity index (χ2n) is 2.27. The lowest BCUT2D eigenvalue weighted by Gasteiger charge is -2.14. The summed E-state index contributed by atoms with van der Waals surface area (Å²) in [5.74, 6) is 0. The van der Waals surface area contributed by atoms with Gasteiger partial charge in [0.1, 0.15) is 6.10 Å². The highest BCUT2D eigenvalue weighted by molar-refractivity contribution is 5.56. The Morgan fingerprint density at radius 1 is 1.27 bits per heavy atom. The minimum absolute atomic E-state index is 0.175. The van der Waals surface area contributed by atoms with E-state index in [1.807, 2.05) is 0 Å². The van der Waals surface area contributed by atoms with Gasteiger partial charge in [-0.05, 0) is 0 Å². The maximum Gasteiger partial charge on any atom is 0.151 e. The minimum atomic E-state index is -1.49. The third-order valence-electron chi connectivity index (χ3n) is 1.26. The quantitative estimate of drug-likeness (QED) is 0.341. The zero-order valence-corrected chi connectivity index (χ0v) is 5.92. The van der Waals surface area contributed by atoms with Crippen LogP contribution in [0.2, 0.25) is 0 Å². The fourth-order valence-electron chi connectivity index (χ4n) is 0.583. The fraction of sp³-hybridized carbons (Fsp3) is 0.833. The van der Waals surface area contributed by atoms with Gasteiger partial charge in [0.25, 0.3) is 0 Å². The van der Waals surface area contributed by atoms with Gasteiger partial charge in [-0.15, -0.1) is 0 Å². The van der Waals surface area contributed by atoms with Crippen molar-refractivity contribution in [2.75, 3.05) is 6.61 Å². The van der Waals surface area contributed by atoms with Gasteiger partial charge in [0.2, 0.25) is 0 Å². The Morgan fingerprint density at radius 2 is 1.82 bits per heavy atom. The van der Waals surface area contributed by atoms with Gasteiger partial charge in [-0.2, -0.15) is 0 Å². The summed E-state index contributed by atoms with van der Waals surface area (Å²) in [7, 11) is 0. The Hall–Kier alpha value is -0.490. The van der Waals surface area contributed by atoms with Crippen LogP contribution < -0.4 is 0 Å². The molecule has 0 aromatic carbocycles. The first kappa shape index (κ1) is 10.5. The summed E-state index contributed by atoms with van der Waals surface area (Å²) in [6.07, 6.45) is -3.93. The van der Waals surface area contributed by atoms with Gasteiger partial charge in [-0.1, -0.05) is 0 Å². The molecule has 5 nitrogen and oxygen atoms in total. The molecule has 0 unspecified atom stereocenters. The summed E-state index contributed by atoms with van der Waals surface area (Å²) in [6, 6.07) is 0. The molecule has 0 radical (unpaired) electrons. The predicted molar refractivity (Wildman–Crippen MR) is 35.8 cm³/mol. The van der Waals surface area contributed by atoms with Crippen molar-refractivity contribution in [1.82, 2.24) is 0 Å². The number of hydrogen-bond donors (Lipinski definition) is 4. The highest BCUT2D eigenvalue weighted by Crippen LogP contribution is 2.00. The van der Waals surface area contributed by atoms with Crippen molar-refractivity contribution in [3.05, 3.63) is 0 Å². The average molecular weight is 164 g/mol. The van der Waals surface area contributed by atoms with Crippen LogP contribution in [0.3, 0.4) is 0 Å². The Kier molecular flexibility index (Phi) is 4.97. The number of aliphatic hydroxyl groups excluding tert-OH is 4. The average Bonchev–Trinajstić information content (AvgIpc) is 2.02. The van der Waals surface area contributed by atoms with Crippen LogP contribution in [0, 0.1) is 0 Å². The van der Waals surface area contributed by atoms with E-state index in [1.54, 1.807) is 0 Å². The van der Waals surface area contributed by atoms with Crippen molar-refractivity contribution in [2.45, 2.75) is 24.7 Å². The normalized spacial score (nSPS) is 18.9. The molecule has 0 aliphatic carbocycles. The summed E-state index contributed by atoms with van der Waals surface area (Å²) in [5, 5.41) is 34.6. The standard InChI is InChI=1S/C6H12O5/c7-2-4(9)1-5(10)6(11)3-8/h3-7,9-11H,1-2H2/t4-,5-,6-/m0/s1. The molecule has 3 atom stereocenters. The summed E-state index contributed by atoms with van der Waals surface area (Å²) < 4.78 is 0. The molecule has 11 heavy (non-hydrogen) atoms. The first-order chi connectivity index (χ1) is 5.11. The molecule has 0 saturated heterocycles. The van der Waals surface area contributed by atoms with Crippen LogP contribution in [-0.2, 0) is 4.79 Å². The van der Waals surface area contributed by atoms with Gasteiger partial charge < -0.3 is 25.2 Å². The van der Waals surface area contributed by atoms with Crippen molar-refractivity contribution in [3.8, 4) is 0 Å². The lowest BCUT2D eigenvalue weighted by atomic mass is 10.1. The molecule has 0 spiro atoms. The number of carbonyl (C=O) groups is 1. The second-order valence-corrected chi connectivity index (χ2v) is 2.27. The van der Waals surface area contributed by atoms with E-state index < -0.39 is 24.9 Å². The van der Waals surface area contributed by atoms with Crippen LogP contribution in [0.1, 0.15) is 6.42 Å². The molecule has 0 aromatic heterocycles. The number of hydrogen-bond acceptors (Lipinski definition) is 5. The minimum Gasteiger partial charge on any atom is -0.394 e. The van der Waals surface area contributed by atoms with Gasteiger partial charge in [0.05, 0.1) is 18.8 Å². The monoisotopic (exact) mass is 164 g/mol. The second kappa shape index (κ2) is 5.20. The number of aliphatic hydroxyl groups is 4. The molecule has 0 bridgehead atoms. The SMILES string of the molecule is O=C[C@H](O)[C@@H](O)C[C@H](O)CO. The first-order valence-electron chi connectivity index (χ1n) is 3.22. The fourth-order valence-corrected chi connectivity index (χ4v) is 0.583. The first-order valence-corrected chi connectivity index (χ1v) is 3.22. The maximum atomic E-state index is 9.86. The predicted octanol–water partition coefficient (Wildman–Crippen LogP) is -2.35. The van der Waals surface area contributed by atoms with Gasteiger partial charge in [-0.25, -0.2) is 0 Å².